The Morgan fingerprint density at radius 1 is 1.58 bits per heavy atom. The molecule has 0 aliphatic carbocycles. The fourth-order valence-electron chi connectivity index (χ4n) is 0.985. The van der Waals surface area contributed by atoms with Gasteiger partial charge in [0.05, 0.1) is 0 Å². The molecule has 0 atom stereocenters. The van der Waals surface area contributed by atoms with Gasteiger partial charge in [-0.3, -0.25) is 0 Å². The summed E-state index contributed by atoms with van der Waals surface area (Å²) in [5.41, 5.74) is 1.91. The van der Waals surface area contributed by atoms with Crippen LogP contribution in [0.5, 0.6) is 0 Å². The number of fused-ring (bicyclic) bond motifs is 1. The van der Waals surface area contributed by atoms with Gasteiger partial charge in [-0.15, -0.1) is 5.10 Å². The molecule has 0 aliphatic heterocycles. The van der Waals surface area contributed by atoms with Gasteiger partial charge in [0.15, 0.2) is 10.3 Å². The summed E-state index contributed by atoms with van der Waals surface area (Å²) in [6.45, 7) is 2.08. The Balaban J connectivity index is 2.69. The third-order valence-corrected chi connectivity index (χ3v) is 2.19. The van der Waals surface area contributed by atoms with Crippen LogP contribution < -0.4 is 0 Å². The molecule has 2 heterocycles. The molecule has 0 spiro atoms. The quantitative estimate of drug-likeness (QED) is 0.740. The molecule has 4 nitrogen and oxygen atoms in total. The Hall–Kier alpha value is -0.970. The van der Waals surface area contributed by atoms with Gasteiger partial charge in [-0.1, -0.05) is 12.1 Å². The summed E-state index contributed by atoms with van der Waals surface area (Å²) in [7, 11) is 0. The molecule has 5 heteroatoms. The van der Waals surface area contributed by atoms with E-state index in [1.54, 1.807) is 4.52 Å². The first kappa shape index (κ1) is 7.67. The molecule has 12 heavy (non-hydrogen) atoms. The van der Waals surface area contributed by atoms with E-state index in [0.29, 0.717) is 4.60 Å². The standard InChI is InChI=1S/C7H7BrN4/c1-2-5-3-9-7-6(8)10-11-12(7)4-5/h3-4H,2H2,1H3. The van der Waals surface area contributed by atoms with Crippen LogP contribution in [0.15, 0.2) is 17.0 Å². The molecule has 2 aromatic rings. The molecule has 0 radical (unpaired) electrons. The summed E-state index contributed by atoms with van der Waals surface area (Å²) in [4.78, 5) is 4.20. The second-order valence-corrected chi connectivity index (χ2v) is 3.22. The molecule has 0 aliphatic rings. The van der Waals surface area contributed by atoms with Gasteiger partial charge in [-0.2, -0.15) is 0 Å². The number of halogens is 1. The number of hydrogen-bond donors (Lipinski definition) is 0. The highest BCUT2D eigenvalue weighted by molar-refractivity contribution is 9.10. The summed E-state index contributed by atoms with van der Waals surface area (Å²) >= 11 is 3.26. The Labute approximate surface area is 77.7 Å². The van der Waals surface area contributed by atoms with Gasteiger partial charge < -0.3 is 0 Å². The number of rotatable bonds is 1. The topological polar surface area (TPSA) is 43.1 Å². The van der Waals surface area contributed by atoms with Crippen molar-refractivity contribution in [2.24, 2.45) is 0 Å². The second-order valence-electron chi connectivity index (χ2n) is 2.46. The molecule has 0 saturated carbocycles. The fourth-order valence-corrected chi connectivity index (χ4v) is 1.34. The smallest absolute Gasteiger partial charge is 0.190 e. The molecular formula is C7H7BrN4. The summed E-state index contributed by atoms with van der Waals surface area (Å²) in [6, 6.07) is 0. The minimum Gasteiger partial charge on any atom is -0.234 e. The minimum absolute atomic E-state index is 0.685. The molecule has 0 fully saturated rings. The van der Waals surface area contributed by atoms with Crippen LogP contribution >= 0.6 is 15.9 Å². The SMILES string of the molecule is CCc1cnc2c(Br)nnn2c1. The number of nitrogens with zero attached hydrogens (tertiary/aromatic N) is 4. The number of hydrogen-bond acceptors (Lipinski definition) is 3. The Morgan fingerprint density at radius 3 is 3.17 bits per heavy atom. The van der Waals surface area contributed by atoms with Crippen LogP contribution in [0, 0.1) is 0 Å². The van der Waals surface area contributed by atoms with Crippen molar-refractivity contribution in [3.63, 3.8) is 0 Å². The molecular weight excluding hydrogens is 220 g/mol. The van der Waals surface area contributed by atoms with Crippen LogP contribution in [-0.4, -0.2) is 19.8 Å². The maximum atomic E-state index is 4.20. The third kappa shape index (κ3) is 1.10. The predicted molar refractivity (Wildman–Crippen MR) is 47.9 cm³/mol. The maximum absolute atomic E-state index is 4.20. The Bertz CT molecular complexity index is 409. The molecule has 0 unspecified atom stereocenters. The maximum Gasteiger partial charge on any atom is 0.190 e. The van der Waals surface area contributed by atoms with E-state index in [4.69, 9.17) is 0 Å². The molecule has 2 rings (SSSR count). The zero-order valence-corrected chi connectivity index (χ0v) is 8.11. The molecule has 62 valence electrons. The summed E-state index contributed by atoms with van der Waals surface area (Å²) in [5.74, 6) is 0. The van der Waals surface area contributed by atoms with Gasteiger partial charge in [0.2, 0.25) is 0 Å². The van der Waals surface area contributed by atoms with Crippen molar-refractivity contribution in [2.75, 3.05) is 0 Å². The van der Waals surface area contributed by atoms with Crippen molar-refractivity contribution in [1.29, 1.82) is 0 Å². The van der Waals surface area contributed by atoms with Crippen molar-refractivity contribution in [1.82, 2.24) is 19.8 Å². The summed E-state index contributed by atoms with van der Waals surface area (Å²) in [5, 5.41) is 7.72. The largest absolute Gasteiger partial charge is 0.234 e. The zero-order chi connectivity index (χ0) is 8.55. The lowest BCUT2D eigenvalue weighted by atomic mass is 10.3. The lowest BCUT2D eigenvalue weighted by Crippen LogP contribution is -1.92. The highest BCUT2D eigenvalue weighted by atomic mass is 79.9. The van der Waals surface area contributed by atoms with Crippen molar-refractivity contribution in [2.45, 2.75) is 13.3 Å². The lowest BCUT2D eigenvalue weighted by molar-refractivity contribution is 0.832. The van der Waals surface area contributed by atoms with E-state index in [1.165, 1.54) is 0 Å². The van der Waals surface area contributed by atoms with Gasteiger partial charge in [-0.05, 0) is 27.9 Å². The van der Waals surface area contributed by atoms with Crippen LogP contribution in [0.1, 0.15) is 12.5 Å². The van der Waals surface area contributed by atoms with Gasteiger partial charge in [0, 0.05) is 12.4 Å². The number of aromatic nitrogens is 4. The average molecular weight is 227 g/mol. The fraction of sp³-hybridized carbons (Fsp3) is 0.286. The van der Waals surface area contributed by atoms with Crippen molar-refractivity contribution in [3.8, 4) is 0 Å². The molecule has 0 saturated heterocycles. The third-order valence-electron chi connectivity index (χ3n) is 1.68. The highest BCUT2D eigenvalue weighted by Crippen LogP contribution is 2.11. The first-order chi connectivity index (χ1) is 5.81. The Kier molecular flexibility index (Phi) is 1.80. The van der Waals surface area contributed by atoms with Crippen LogP contribution in [0.3, 0.4) is 0 Å². The van der Waals surface area contributed by atoms with E-state index < -0.39 is 0 Å². The van der Waals surface area contributed by atoms with E-state index in [-0.39, 0.29) is 0 Å². The number of aryl methyl sites for hydroxylation is 1. The van der Waals surface area contributed by atoms with Crippen LogP contribution in [0.25, 0.3) is 5.65 Å². The lowest BCUT2D eigenvalue weighted by Gasteiger charge is -1.94. The van der Waals surface area contributed by atoms with Crippen LogP contribution in [-0.2, 0) is 6.42 Å². The van der Waals surface area contributed by atoms with E-state index in [2.05, 4.69) is 38.1 Å². The first-order valence-corrected chi connectivity index (χ1v) is 4.46. The highest BCUT2D eigenvalue weighted by Gasteiger charge is 2.03. The average Bonchev–Trinajstić information content (AvgIpc) is 2.47. The van der Waals surface area contributed by atoms with Crippen molar-refractivity contribution >= 4 is 21.6 Å². The van der Waals surface area contributed by atoms with E-state index in [0.717, 1.165) is 17.6 Å². The van der Waals surface area contributed by atoms with Crippen LogP contribution in [0.4, 0.5) is 0 Å². The molecule has 2 aromatic heterocycles. The van der Waals surface area contributed by atoms with Gasteiger partial charge >= 0.3 is 0 Å². The minimum atomic E-state index is 0.685. The van der Waals surface area contributed by atoms with Gasteiger partial charge in [0.25, 0.3) is 0 Å². The van der Waals surface area contributed by atoms with E-state index in [9.17, 15) is 0 Å². The zero-order valence-electron chi connectivity index (χ0n) is 6.53. The molecule has 0 amide bonds. The summed E-state index contributed by atoms with van der Waals surface area (Å²) < 4.78 is 2.35. The van der Waals surface area contributed by atoms with Crippen molar-refractivity contribution < 1.29 is 0 Å². The van der Waals surface area contributed by atoms with E-state index in [1.807, 2.05) is 12.4 Å². The molecule has 0 aromatic carbocycles. The predicted octanol–water partition coefficient (Wildman–Crippen LogP) is 1.45. The van der Waals surface area contributed by atoms with Crippen LogP contribution in [0.2, 0.25) is 0 Å². The van der Waals surface area contributed by atoms with Gasteiger partial charge in [-0.25, -0.2) is 9.50 Å². The molecule has 0 N–H and O–H groups in total. The molecule has 0 bridgehead atoms. The normalized spacial score (nSPS) is 10.8. The Morgan fingerprint density at radius 2 is 2.42 bits per heavy atom. The van der Waals surface area contributed by atoms with Crippen molar-refractivity contribution in [3.05, 3.63) is 22.6 Å². The second kappa shape index (κ2) is 2.82. The van der Waals surface area contributed by atoms with E-state index >= 15 is 0 Å². The first-order valence-electron chi connectivity index (χ1n) is 3.66. The van der Waals surface area contributed by atoms with Gasteiger partial charge in [0.1, 0.15) is 0 Å². The summed E-state index contributed by atoms with van der Waals surface area (Å²) in [6.07, 6.45) is 4.73. The monoisotopic (exact) mass is 226 g/mol.